The minimum Gasteiger partial charge on any atom is -0.383 e. The Morgan fingerprint density at radius 3 is 2.85 bits per heavy atom. The summed E-state index contributed by atoms with van der Waals surface area (Å²) in [4.78, 5) is 12.0. The van der Waals surface area contributed by atoms with Crippen molar-refractivity contribution < 1.29 is 9.90 Å². The third kappa shape index (κ3) is 2.57. The summed E-state index contributed by atoms with van der Waals surface area (Å²) in [6.45, 7) is 0.737. The Hall–Kier alpha value is -1.43. The van der Waals surface area contributed by atoms with Crippen molar-refractivity contribution >= 4 is 5.91 Å². The van der Waals surface area contributed by atoms with E-state index in [1.54, 1.807) is 10.9 Å². The standard InChI is InChI=1S/C14H22N4O2/c19-13-11(6-2-5-9-15-13)18-10-12(16-17-18)14(20)7-3-1-4-8-14/h10-11,20H,1-9H2,(H,15,19). The number of nitrogens with zero attached hydrogens (tertiary/aromatic N) is 3. The molecule has 0 radical (unpaired) electrons. The topological polar surface area (TPSA) is 80.0 Å². The molecule has 1 unspecified atom stereocenters. The van der Waals surface area contributed by atoms with E-state index in [-0.39, 0.29) is 11.9 Å². The van der Waals surface area contributed by atoms with Crippen molar-refractivity contribution in [3.63, 3.8) is 0 Å². The molecule has 0 bridgehead atoms. The number of hydrogen-bond donors (Lipinski definition) is 2. The molecule has 1 atom stereocenters. The maximum absolute atomic E-state index is 12.0. The number of carbonyl (C=O) groups is 1. The highest BCUT2D eigenvalue weighted by molar-refractivity contribution is 5.80. The molecule has 1 saturated heterocycles. The van der Waals surface area contributed by atoms with Gasteiger partial charge in [0.05, 0.1) is 6.20 Å². The van der Waals surface area contributed by atoms with Gasteiger partial charge in [0.15, 0.2) is 0 Å². The van der Waals surface area contributed by atoms with Gasteiger partial charge >= 0.3 is 0 Å². The first kappa shape index (κ1) is 13.5. The highest BCUT2D eigenvalue weighted by Gasteiger charge is 2.35. The van der Waals surface area contributed by atoms with E-state index in [0.29, 0.717) is 5.69 Å². The molecule has 1 aromatic heterocycles. The molecule has 1 aromatic rings. The first-order chi connectivity index (χ1) is 9.69. The number of aliphatic hydroxyl groups is 1. The quantitative estimate of drug-likeness (QED) is 0.853. The molecule has 2 fully saturated rings. The molecule has 1 aliphatic carbocycles. The Balaban J connectivity index is 1.80. The van der Waals surface area contributed by atoms with Gasteiger partial charge in [-0.2, -0.15) is 0 Å². The van der Waals surface area contributed by atoms with Crippen molar-refractivity contribution in [3.8, 4) is 0 Å². The SMILES string of the molecule is O=C1NCCCCC1n1cc(C2(O)CCCCC2)nn1. The second-order valence-corrected chi connectivity index (χ2v) is 5.98. The van der Waals surface area contributed by atoms with Crippen molar-refractivity contribution in [2.45, 2.75) is 63.0 Å². The normalized spacial score (nSPS) is 26.9. The lowest BCUT2D eigenvalue weighted by atomic mass is 9.83. The van der Waals surface area contributed by atoms with Crippen molar-refractivity contribution in [1.29, 1.82) is 0 Å². The molecule has 1 saturated carbocycles. The molecule has 20 heavy (non-hydrogen) atoms. The predicted octanol–water partition coefficient (Wildman–Crippen LogP) is 1.27. The molecule has 1 amide bonds. The van der Waals surface area contributed by atoms with Gasteiger partial charge in [0.25, 0.3) is 0 Å². The molecule has 0 aromatic carbocycles. The summed E-state index contributed by atoms with van der Waals surface area (Å²) in [5.74, 6) is 0.00887. The van der Waals surface area contributed by atoms with Gasteiger partial charge in [-0.3, -0.25) is 4.79 Å². The first-order valence-electron chi connectivity index (χ1n) is 7.61. The van der Waals surface area contributed by atoms with E-state index in [4.69, 9.17) is 0 Å². The fourth-order valence-electron chi connectivity index (χ4n) is 3.21. The Bertz CT molecular complexity index is 479. The van der Waals surface area contributed by atoms with Crippen molar-refractivity contribution in [1.82, 2.24) is 20.3 Å². The summed E-state index contributed by atoms with van der Waals surface area (Å²) in [6.07, 6.45) is 9.25. The van der Waals surface area contributed by atoms with E-state index >= 15 is 0 Å². The van der Waals surface area contributed by atoms with Gasteiger partial charge in [-0.15, -0.1) is 5.10 Å². The molecule has 1 aliphatic heterocycles. The maximum Gasteiger partial charge on any atom is 0.244 e. The predicted molar refractivity (Wildman–Crippen MR) is 72.9 cm³/mol. The van der Waals surface area contributed by atoms with Crippen LogP contribution < -0.4 is 5.32 Å². The lowest BCUT2D eigenvalue weighted by Gasteiger charge is -2.29. The monoisotopic (exact) mass is 278 g/mol. The van der Waals surface area contributed by atoms with Crippen LogP contribution in [0.3, 0.4) is 0 Å². The lowest BCUT2D eigenvalue weighted by Crippen LogP contribution is -2.31. The van der Waals surface area contributed by atoms with Crippen LogP contribution in [0.5, 0.6) is 0 Å². The van der Waals surface area contributed by atoms with E-state index < -0.39 is 5.60 Å². The number of amides is 1. The zero-order chi connectivity index (χ0) is 14.0. The van der Waals surface area contributed by atoms with Gasteiger partial charge in [-0.05, 0) is 32.1 Å². The second-order valence-electron chi connectivity index (χ2n) is 5.98. The molecular weight excluding hydrogens is 256 g/mol. The Morgan fingerprint density at radius 1 is 1.25 bits per heavy atom. The third-order valence-electron chi connectivity index (χ3n) is 4.49. The van der Waals surface area contributed by atoms with Crippen LogP contribution in [0.25, 0.3) is 0 Å². The van der Waals surface area contributed by atoms with E-state index in [1.165, 1.54) is 6.42 Å². The van der Waals surface area contributed by atoms with Gasteiger partial charge < -0.3 is 10.4 Å². The molecule has 3 rings (SSSR count). The molecule has 0 spiro atoms. The minimum absolute atomic E-state index is 0.00887. The zero-order valence-corrected chi connectivity index (χ0v) is 11.7. The average molecular weight is 278 g/mol. The molecule has 2 aliphatic rings. The van der Waals surface area contributed by atoms with Gasteiger partial charge in [0.1, 0.15) is 17.3 Å². The zero-order valence-electron chi connectivity index (χ0n) is 11.7. The summed E-state index contributed by atoms with van der Waals surface area (Å²) < 4.78 is 1.63. The van der Waals surface area contributed by atoms with E-state index in [0.717, 1.165) is 51.5 Å². The van der Waals surface area contributed by atoms with Crippen LogP contribution in [0.4, 0.5) is 0 Å². The van der Waals surface area contributed by atoms with Crippen molar-refractivity contribution in [2.75, 3.05) is 6.54 Å². The van der Waals surface area contributed by atoms with Gasteiger partial charge in [-0.1, -0.05) is 24.5 Å². The smallest absolute Gasteiger partial charge is 0.244 e. The van der Waals surface area contributed by atoms with Gasteiger partial charge in [-0.25, -0.2) is 4.68 Å². The maximum atomic E-state index is 12.0. The number of aromatic nitrogens is 3. The Morgan fingerprint density at radius 2 is 2.05 bits per heavy atom. The average Bonchev–Trinajstić information content (AvgIpc) is 2.85. The van der Waals surface area contributed by atoms with Crippen molar-refractivity contribution in [3.05, 3.63) is 11.9 Å². The van der Waals surface area contributed by atoms with Gasteiger partial charge in [0.2, 0.25) is 5.91 Å². The largest absolute Gasteiger partial charge is 0.383 e. The summed E-state index contributed by atoms with van der Waals surface area (Å²) >= 11 is 0. The highest BCUT2D eigenvalue weighted by atomic mass is 16.3. The first-order valence-corrected chi connectivity index (χ1v) is 7.61. The number of nitrogens with one attached hydrogen (secondary N) is 1. The molecule has 6 heteroatoms. The summed E-state index contributed by atoms with van der Waals surface area (Å²) in [5, 5.41) is 21.8. The van der Waals surface area contributed by atoms with Crippen LogP contribution in [-0.2, 0) is 10.4 Å². The van der Waals surface area contributed by atoms with Crippen LogP contribution in [-0.4, -0.2) is 32.6 Å². The molecule has 110 valence electrons. The van der Waals surface area contributed by atoms with Crippen LogP contribution in [0, 0.1) is 0 Å². The molecular formula is C14H22N4O2. The van der Waals surface area contributed by atoms with Crippen molar-refractivity contribution in [2.24, 2.45) is 0 Å². The van der Waals surface area contributed by atoms with Crippen LogP contribution in [0.2, 0.25) is 0 Å². The molecule has 6 nitrogen and oxygen atoms in total. The fourth-order valence-corrected chi connectivity index (χ4v) is 3.21. The van der Waals surface area contributed by atoms with Gasteiger partial charge in [0, 0.05) is 6.54 Å². The van der Waals surface area contributed by atoms with Crippen LogP contribution in [0.15, 0.2) is 6.20 Å². The third-order valence-corrected chi connectivity index (χ3v) is 4.49. The summed E-state index contributed by atoms with van der Waals surface area (Å²) in [7, 11) is 0. The number of rotatable bonds is 2. The number of hydrogen-bond acceptors (Lipinski definition) is 4. The van der Waals surface area contributed by atoms with E-state index in [9.17, 15) is 9.90 Å². The number of carbonyl (C=O) groups excluding carboxylic acids is 1. The highest BCUT2D eigenvalue weighted by Crippen LogP contribution is 2.36. The fraction of sp³-hybridized carbons (Fsp3) is 0.786. The molecule has 2 heterocycles. The summed E-state index contributed by atoms with van der Waals surface area (Å²) in [6, 6.07) is -0.286. The summed E-state index contributed by atoms with van der Waals surface area (Å²) in [5.41, 5.74) is -0.230. The minimum atomic E-state index is -0.849. The second kappa shape index (κ2) is 5.52. The van der Waals surface area contributed by atoms with Crippen LogP contribution in [0.1, 0.15) is 63.1 Å². The molecule has 2 N–H and O–H groups in total. The lowest BCUT2D eigenvalue weighted by molar-refractivity contribution is -0.124. The Labute approximate surface area is 118 Å². The van der Waals surface area contributed by atoms with Crippen LogP contribution >= 0.6 is 0 Å². The Kier molecular flexibility index (Phi) is 3.74. The van der Waals surface area contributed by atoms with E-state index in [2.05, 4.69) is 15.6 Å². The van der Waals surface area contributed by atoms with E-state index in [1.807, 2.05) is 0 Å².